The number of carbonyl (C=O) groups excluding carboxylic acids is 1. The lowest BCUT2D eigenvalue weighted by atomic mass is 10.0. The number of ether oxygens (including phenoxy) is 1. The third-order valence-electron chi connectivity index (χ3n) is 3.88. The summed E-state index contributed by atoms with van der Waals surface area (Å²) in [6, 6.07) is 10.1. The molecule has 1 heterocycles. The van der Waals surface area contributed by atoms with Crippen molar-refractivity contribution in [3.05, 3.63) is 58.6 Å². The van der Waals surface area contributed by atoms with Gasteiger partial charge in [0.25, 0.3) is 0 Å². The highest BCUT2D eigenvalue weighted by molar-refractivity contribution is 7.89. The second kappa shape index (κ2) is 10.3. The predicted octanol–water partition coefficient (Wildman–Crippen LogP) is -0.585. The Bertz CT molecular complexity index is 977. The van der Waals surface area contributed by atoms with Gasteiger partial charge in [0.1, 0.15) is 5.75 Å². The molecule has 3 rings (SSSR count). The average molecular weight is 450 g/mol. The Balaban J connectivity index is 0.00000261. The van der Waals surface area contributed by atoms with E-state index in [9.17, 15) is 18.0 Å². The molecule has 1 unspecified atom stereocenters. The summed E-state index contributed by atoms with van der Waals surface area (Å²) in [5.74, 6) is -1.11. The number of rotatable bonds is 6. The Labute approximate surface area is 171 Å². The molecule has 1 atom stereocenters. The van der Waals surface area contributed by atoms with Crippen molar-refractivity contribution in [2.45, 2.75) is 17.4 Å². The highest BCUT2D eigenvalue weighted by atomic mass is 35.5. The minimum atomic E-state index is -3.84. The number of hydrogen-bond acceptors (Lipinski definition) is 5. The van der Waals surface area contributed by atoms with Crippen molar-refractivity contribution in [1.29, 1.82) is 0 Å². The van der Waals surface area contributed by atoms with Crippen LogP contribution in [0.3, 0.4) is 0 Å². The van der Waals surface area contributed by atoms with Crippen molar-refractivity contribution in [1.82, 2.24) is 4.72 Å². The normalized spacial score (nSPS) is 14.3. The van der Waals surface area contributed by atoms with Crippen molar-refractivity contribution in [2.24, 2.45) is 0 Å². The molecule has 2 aromatic rings. The van der Waals surface area contributed by atoms with Gasteiger partial charge < -0.3 is 26.3 Å². The highest BCUT2D eigenvalue weighted by Crippen LogP contribution is 2.29. The van der Waals surface area contributed by atoms with Gasteiger partial charge in [-0.15, -0.1) is 0 Å². The van der Waals surface area contributed by atoms with E-state index < -0.39 is 34.4 Å². The molecule has 0 fully saturated rings. The first-order chi connectivity index (χ1) is 12.3. The van der Waals surface area contributed by atoms with Crippen molar-refractivity contribution in [3.8, 4) is 5.75 Å². The zero-order valence-electron chi connectivity index (χ0n) is 14.8. The lowest BCUT2D eigenvalue weighted by Crippen LogP contribution is -2.29. The molecule has 29 heavy (non-hydrogen) atoms. The molecule has 10 nitrogen and oxygen atoms in total. The maximum Gasteiger partial charge on any atom is 0.345 e. The Morgan fingerprint density at radius 1 is 1.10 bits per heavy atom. The fourth-order valence-electron chi connectivity index (χ4n) is 2.52. The first-order valence-corrected chi connectivity index (χ1v) is 9.43. The molecule has 0 aromatic heterocycles. The molecule has 1 aliphatic rings. The van der Waals surface area contributed by atoms with Gasteiger partial charge in [-0.2, -0.15) is 0 Å². The summed E-state index contributed by atoms with van der Waals surface area (Å²) in [5.41, 5.74) is 0.876. The third-order valence-corrected chi connectivity index (χ3v) is 5.55. The number of ketones is 1. The smallest absolute Gasteiger partial charge is 0.345 e. The molecule has 8 N–H and O–H groups in total. The molecule has 0 aliphatic carbocycles. The van der Waals surface area contributed by atoms with Gasteiger partial charge in [0.2, 0.25) is 10.0 Å². The number of fused-ring (bicyclic) bond motifs is 1. The number of nitrogens with one attached hydrogen (secondary N) is 1. The Kier molecular flexibility index (Phi) is 9.40. The quantitative estimate of drug-likeness (QED) is 0.551. The first-order valence-electron chi connectivity index (χ1n) is 7.57. The van der Waals surface area contributed by atoms with Crippen LogP contribution in [0.1, 0.15) is 15.9 Å². The molecule has 0 bridgehead atoms. The van der Waals surface area contributed by atoms with Gasteiger partial charge >= 0.3 is 5.97 Å². The number of carboxylic acid groups (broad SMARTS) is 1. The first kappa shape index (κ1) is 26.5. The standard InChI is InChI=1S/C17H14ClNO6S.3H2O/c18-12-2-4-13(5-3-12)26(23,24)19-9-14(20)10-1-6-15-11(7-10)8-16(25-15)17(21)22;;;/h1-7,16,19H,8-9H2,(H,21,22);3*1H2. The minimum absolute atomic E-state index is 0. The number of halogens is 1. The van der Waals surface area contributed by atoms with Crippen molar-refractivity contribution in [2.75, 3.05) is 6.54 Å². The summed E-state index contributed by atoms with van der Waals surface area (Å²) >= 11 is 5.73. The van der Waals surface area contributed by atoms with Gasteiger partial charge in [-0.1, -0.05) is 11.6 Å². The molecule has 0 amide bonds. The molecule has 0 saturated carbocycles. The molecule has 160 valence electrons. The van der Waals surface area contributed by atoms with E-state index in [1.54, 1.807) is 0 Å². The zero-order valence-corrected chi connectivity index (χ0v) is 16.4. The van der Waals surface area contributed by atoms with E-state index in [4.69, 9.17) is 21.4 Å². The van der Waals surface area contributed by atoms with Gasteiger partial charge in [0.15, 0.2) is 11.9 Å². The van der Waals surface area contributed by atoms with Gasteiger partial charge in [0.05, 0.1) is 11.4 Å². The van der Waals surface area contributed by atoms with Crippen LogP contribution >= 0.6 is 11.6 Å². The molecule has 0 spiro atoms. The molecule has 1 aliphatic heterocycles. The largest absolute Gasteiger partial charge is 0.478 e. The van der Waals surface area contributed by atoms with E-state index in [1.807, 2.05) is 0 Å². The van der Waals surface area contributed by atoms with Crippen LogP contribution in [0.2, 0.25) is 5.02 Å². The molecule has 12 heteroatoms. The number of carbonyl (C=O) groups is 2. The summed E-state index contributed by atoms with van der Waals surface area (Å²) in [6.45, 7) is -0.424. The minimum Gasteiger partial charge on any atom is -0.478 e. The van der Waals surface area contributed by atoms with Crippen molar-refractivity contribution in [3.63, 3.8) is 0 Å². The molecular weight excluding hydrogens is 430 g/mol. The van der Waals surface area contributed by atoms with E-state index in [-0.39, 0.29) is 33.3 Å². The van der Waals surface area contributed by atoms with Gasteiger partial charge in [-0.3, -0.25) is 4.79 Å². The SMILES string of the molecule is O.O.O.O=C(CNS(=O)(=O)c1ccc(Cl)cc1)c1ccc2c(c1)CC(C(=O)O)O2. The van der Waals surface area contributed by atoms with Gasteiger partial charge in [-0.05, 0) is 48.0 Å². The van der Waals surface area contributed by atoms with E-state index >= 15 is 0 Å². The maximum atomic E-state index is 12.3. The maximum absolute atomic E-state index is 12.3. The third kappa shape index (κ3) is 5.97. The Hall–Kier alpha value is -2.54. The monoisotopic (exact) mass is 449 g/mol. The molecule has 0 saturated heterocycles. The number of Topliss-reactive ketones (excluding diaryl/α,β-unsaturated/α-hetero) is 1. The van der Waals surface area contributed by atoms with Crippen LogP contribution in [-0.4, -0.2) is 54.4 Å². The van der Waals surface area contributed by atoms with E-state index in [1.165, 1.54) is 42.5 Å². The topological polar surface area (TPSA) is 204 Å². The Morgan fingerprint density at radius 3 is 2.31 bits per heavy atom. The average Bonchev–Trinajstić information content (AvgIpc) is 3.03. The number of benzene rings is 2. The lowest BCUT2D eigenvalue weighted by molar-refractivity contribution is -0.144. The number of aliphatic carboxylic acids is 1. The van der Waals surface area contributed by atoms with Crippen LogP contribution in [0.15, 0.2) is 47.4 Å². The fraction of sp³-hybridized carbons (Fsp3) is 0.176. The number of sulfonamides is 1. The highest BCUT2D eigenvalue weighted by Gasteiger charge is 2.29. The van der Waals surface area contributed by atoms with Crippen LogP contribution in [-0.2, 0) is 21.2 Å². The van der Waals surface area contributed by atoms with E-state index in [2.05, 4.69) is 4.72 Å². The van der Waals surface area contributed by atoms with Crippen LogP contribution < -0.4 is 9.46 Å². The van der Waals surface area contributed by atoms with Crippen LogP contribution in [0, 0.1) is 0 Å². The van der Waals surface area contributed by atoms with E-state index in [0.29, 0.717) is 16.3 Å². The van der Waals surface area contributed by atoms with Gasteiger partial charge in [-0.25, -0.2) is 17.9 Å². The summed E-state index contributed by atoms with van der Waals surface area (Å²) in [6.07, 6.45) is -0.818. The van der Waals surface area contributed by atoms with Crippen LogP contribution in [0.25, 0.3) is 0 Å². The van der Waals surface area contributed by atoms with Crippen molar-refractivity contribution >= 4 is 33.4 Å². The van der Waals surface area contributed by atoms with Crippen LogP contribution in [0.4, 0.5) is 0 Å². The second-order valence-electron chi connectivity index (χ2n) is 5.67. The second-order valence-corrected chi connectivity index (χ2v) is 7.88. The lowest BCUT2D eigenvalue weighted by Gasteiger charge is -2.07. The van der Waals surface area contributed by atoms with Gasteiger partial charge in [0, 0.05) is 17.0 Å². The van der Waals surface area contributed by atoms with Crippen LogP contribution in [0.5, 0.6) is 5.75 Å². The molecular formula is C17H20ClNO9S. The summed E-state index contributed by atoms with van der Waals surface area (Å²) < 4.78 is 31.9. The predicted molar refractivity (Wildman–Crippen MR) is 104 cm³/mol. The van der Waals surface area contributed by atoms with E-state index in [0.717, 1.165) is 0 Å². The molecule has 0 radical (unpaired) electrons. The number of hydrogen-bond donors (Lipinski definition) is 2. The Morgan fingerprint density at radius 2 is 1.72 bits per heavy atom. The summed E-state index contributed by atoms with van der Waals surface area (Å²) in [5, 5.41) is 9.39. The summed E-state index contributed by atoms with van der Waals surface area (Å²) in [7, 11) is -3.84. The fourth-order valence-corrected chi connectivity index (χ4v) is 3.63. The molecule has 2 aromatic carbocycles. The zero-order chi connectivity index (χ0) is 18.9. The van der Waals surface area contributed by atoms with Crippen molar-refractivity contribution < 1.29 is 44.3 Å². The summed E-state index contributed by atoms with van der Waals surface area (Å²) in [4.78, 5) is 23.3. The number of carboxylic acids is 1.